The van der Waals surface area contributed by atoms with E-state index in [1.165, 1.54) is 6.07 Å². The van der Waals surface area contributed by atoms with Crippen molar-refractivity contribution in [1.82, 2.24) is 4.98 Å². The van der Waals surface area contributed by atoms with Crippen molar-refractivity contribution in [2.75, 3.05) is 31.1 Å². The lowest BCUT2D eigenvalue weighted by molar-refractivity contribution is -0.141. The monoisotopic (exact) mass is 289 g/mol. The molecule has 2 rings (SSSR count). The summed E-state index contributed by atoms with van der Waals surface area (Å²) in [7, 11) is 0. The van der Waals surface area contributed by atoms with Crippen molar-refractivity contribution < 1.29 is 17.9 Å². The van der Waals surface area contributed by atoms with Crippen molar-refractivity contribution in [2.24, 2.45) is 5.73 Å². The van der Waals surface area contributed by atoms with Gasteiger partial charge in [0.1, 0.15) is 11.5 Å². The van der Waals surface area contributed by atoms with E-state index in [1.807, 2.05) is 4.90 Å². The topological polar surface area (TPSA) is 51.4 Å². The minimum atomic E-state index is -4.40. The summed E-state index contributed by atoms with van der Waals surface area (Å²) in [5.41, 5.74) is 4.52. The van der Waals surface area contributed by atoms with Gasteiger partial charge in [0.05, 0.1) is 12.7 Å². The van der Waals surface area contributed by atoms with Crippen LogP contribution in [0.25, 0.3) is 0 Å². The Morgan fingerprint density at radius 2 is 2.00 bits per heavy atom. The largest absolute Gasteiger partial charge is 0.433 e. The van der Waals surface area contributed by atoms with Crippen molar-refractivity contribution in [3.8, 4) is 0 Å². The van der Waals surface area contributed by atoms with Crippen molar-refractivity contribution in [3.05, 3.63) is 23.9 Å². The van der Waals surface area contributed by atoms with Gasteiger partial charge in [-0.3, -0.25) is 0 Å². The van der Waals surface area contributed by atoms with Crippen LogP contribution in [0.4, 0.5) is 19.0 Å². The molecule has 1 fully saturated rings. The fourth-order valence-electron chi connectivity index (χ4n) is 2.24. The van der Waals surface area contributed by atoms with E-state index in [0.29, 0.717) is 32.1 Å². The molecule has 4 nitrogen and oxygen atoms in total. The number of aromatic nitrogens is 1. The fourth-order valence-corrected chi connectivity index (χ4v) is 2.24. The second-order valence-corrected chi connectivity index (χ2v) is 4.72. The Bertz CT molecular complexity index is 431. The normalized spacial score (nSPS) is 17.5. The van der Waals surface area contributed by atoms with Gasteiger partial charge in [0.15, 0.2) is 0 Å². The van der Waals surface area contributed by atoms with Crippen molar-refractivity contribution in [1.29, 1.82) is 0 Å². The number of rotatable bonds is 4. The standard InChI is InChI=1S/C13H18F3N3O/c14-13(15,16)11-2-1-3-12(18-11)19-7-4-10(5-8-19)20-9-6-17/h1-3,10H,4-9,17H2. The Kier molecular flexibility index (Phi) is 4.82. The van der Waals surface area contributed by atoms with Crippen LogP contribution in [0.3, 0.4) is 0 Å². The number of piperidine rings is 1. The van der Waals surface area contributed by atoms with Crippen molar-refractivity contribution in [2.45, 2.75) is 25.1 Å². The van der Waals surface area contributed by atoms with E-state index >= 15 is 0 Å². The van der Waals surface area contributed by atoms with Crippen LogP contribution in [0.1, 0.15) is 18.5 Å². The number of nitrogens with zero attached hydrogens (tertiary/aromatic N) is 2. The van der Waals surface area contributed by atoms with E-state index in [2.05, 4.69) is 4.98 Å². The molecular formula is C13H18F3N3O. The van der Waals surface area contributed by atoms with E-state index in [-0.39, 0.29) is 6.10 Å². The lowest BCUT2D eigenvalue weighted by Crippen LogP contribution is -2.38. The van der Waals surface area contributed by atoms with Gasteiger partial charge in [0, 0.05) is 19.6 Å². The van der Waals surface area contributed by atoms with Gasteiger partial charge in [-0.1, -0.05) is 6.07 Å². The van der Waals surface area contributed by atoms with Gasteiger partial charge in [-0.25, -0.2) is 4.98 Å². The van der Waals surface area contributed by atoms with Crippen LogP contribution >= 0.6 is 0 Å². The lowest BCUT2D eigenvalue weighted by atomic mass is 10.1. The summed E-state index contributed by atoms with van der Waals surface area (Å²) in [5, 5.41) is 0. The zero-order valence-electron chi connectivity index (χ0n) is 11.1. The van der Waals surface area contributed by atoms with Gasteiger partial charge in [-0.15, -0.1) is 0 Å². The number of hydrogen-bond acceptors (Lipinski definition) is 4. The Balaban J connectivity index is 1.97. The van der Waals surface area contributed by atoms with Gasteiger partial charge in [0.2, 0.25) is 0 Å². The molecule has 2 N–H and O–H groups in total. The molecule has 0 radical (unpaired) electrons. The number of ether oxygens (including phenoxy) is 1. The summed E-state index contributed by atoms with van der Waals surface area (Å²) in [6, 6.07) is 3.99. The molecule has 112 valence electrons. The minimum absolute atomic E-state index is 0.139. The Hall–Kier alpha value is -1.34. The maximum atomic E-state index is 12.6. The number of hydrogen-bond donors (Lipinski definition) is 1. The molecule has 0 unspecified atom stereocenters. The molecular weight excluding hydrogens is 271 g/mol. The van der Waals surface area contributed by atoms with Crippen molar-refractivity contribution in [3.63, 3.8) is 0 Å². The zero-order valence-corrected chi connectivity index (χ0v) is 11.1. The predicted molar refractivity (Wildman–Crippen MR) is 69.5 cm³/mol. The molecule has 0 spiro atoms. The highest BCUT2D eigenvalue weighted by atomic mass is 19.4. The first-order chi connectivity index (χ1) is 9.50. The first-order valence-electron chi connectivity index (χ1n) is 6.61. The molecule has 0 aromatic carbocycles. The molecule has 1 aromatic heterocycles. The number of nitrogens with two attached hydrogens (primary N) is 1. The van der Waals surface area contributed by atoms with Gasteiger partial charge in [-0.2, -0.15) is 13.2 Å². The molecule has 1 aliphatic heterocycles. The Labute approximate surface area is 115 Å². The maximum Gasteiger partial charge on any atom is 0.433 e. The third kappa shape index (κ3) is 3.83. The molecule has 0 bridgehead atoms. The number of pyridine rings is 1. The van der Waals surface area contributed by atoms with Crippen LogP contribution in [-0.4, -0.2) is 37.3 Å². The summed E-state index contributed by atoms with van der Waals surface area (Å²) in [6.45, 7) is 2.29. The van der Waals surface area contributed by atoms with Gasteiger partial charge in [-0.05, 0) is 25.0 Å². The van der Waals surface area contributed by atoms with Gasteiger partial charge < -0.3 is 15.4 Å². The van der Waals surface area contributed by atoms with Gasteiger partial charge in [0.25, 0.3) is 0 Å². The third-order valence-electron chi connectivity index (χ3n) is 3.26. The Morgan fingerprint density at radius 1 is 1.30 bits per heavy atom. The molecule has 1 saturated heterocycles. The van der Waals surface area contributed by atoms with Crippen LogP contribution in [-0.2, 0) is 10.9 Å². The van der Waals surface area contributed by atoms with Crippen LogP contribution in [0, 0.1) is 0 Å². The average Bonchev–Trinajstić information content (AvgIpc) is 2.45. The lowest BCUT2D eigenvalue weighted by Gasteiger charge is -2.32. The summed E-state index contributed by atoms with van der Waals surface area (Å²) in [4.78, 5) is 5.55. The number of halogens is 3. The van der Waals surface area contributed by atoms with E-state index in [0.717, 1.165) is 18.9 Å². The summed E-state index contributed by atoms with van der Waals surface area (Å²) in [5.74, 6) is 0.372. The highest BCUT2D eigenvalue weighted by Gasteiger charge is 2.33. The summed E-state index contributed by atoms with van der Waals surface area (Å²) >= 11 is 0. The second kappa shape index (κ2) is 6.41. The quantitative estimate of drug-likeness (QED) is 0.921. The molecule has 2 heterocycles. The fraction of sp³-hybridized carbons (Fsp3) is 0.615. The Morgan fingerprint density at radius 3 is 2.60 bits per heavy atom. The minimum Gasteiger partial charge on any atom is -0.377 e. The molecule has 1 aliphatic rings. The first kappa shape index (κ1) is 15.1. The van der Waals surface area contributed by atoms with E-state index in [9.17, 15) is 13.2 Å². The average molecular weight is 289 g/mol. The van der Waals surface area contributed by atoms with Crippen LogP contribution in [0.5, 0.6) is 0 Å². The number of anilines is 1. The van der Waals surface area contributed by atoms with E-state index < -0.39 is 11.9 Å². The summed E-state index contributed by atoms with van der Waals surface area (Å²) in [6.07, 6.45) is -2.71. The predicted octanol–water partition coefficient (Wildman–Crippen LogP) is 2.04. The SMILES string of the molecule is NCCOC1CCN(c2cccc(C(F)(F)F)n2)CC1. The van der Waals surface area contributed by atoms with E-state index in [4.69, 9.17) is 10.5 Å². The highest BCUT2D eigenvalue weighted by molar-refractivity contribution is 5.40. The molecule has 20 heavy (non-hydrogen) atoms. The van der Waals surface area contributed by atoms with Crippen LogP contribution in [0.2, 0.25) is 0 Å². The zero-order chi connectivity index (χ0) is 14.6. The second-order valence-electron chi connectivity index (χ2n) is 4.72. The molecule has 7 heteroatoms. The molecule has 0 aliphatic carbocycles. The maximum absolute atomic E-state index is 12.6. The van der Waals surface area contributed by atoms with Crippen LogP contribution < -0.4 is 10.6 Å². The third-order valence-corrected chi connectivity index (χ3v) is 3.26. The van der Waals surface area contributed by atoms with Crippen LogP contribution in [0.15, 0.2) is 18.2 Å². The smallest absolute Gasteiger partial charge is 0.377 e. The number of alkyl halides is 3. The molecule has 0 amide bonds. The molecule has 1 aromatic rings. The summed E-state index contributed by atoms with van der Waals surface area (Å²) < 4.78 is 43.4. The van der Waals surface area contributed by atoms with E-state index in [1.54, 1.807) is 6.07 Å². The first-order valence-corrected chi connectivity index (χ1v) is 6.61. The van der Waals surface area contributed by atoms with Gasteiger partial charge >= 0.3 is 6.18 Å². The molecule has 0 atom stereocenters. The molecule has 0 saturated carbocycles. The highest BCUT2D eigenvalue weighted by Crippen LogP contribution is 2.29. The van der Waals surface area contributed by atoms with Crippen molar-refractivity contribution >= 4 is 5.82 Å².